The second-order valence-corrected chi connectivity index (χ2v) is 6.16. The highest BCUT2D eigenvalue weighted by atomic mass is 16.2. The first kappa shape index (κ1) is 11.3. The molecule has 3 N–H and O–H groups in total. The number of anilines is 1. The summed E-state index contributed by atoms with van der Waals surface area (Å²) in [6.07, 6.45) is 3.19. The highest BCUT2D eigenvalue weighted by Gasteiger charge is 2.51. The Labute approximate surface area is 113 Å². The molecule has 1 saturated heterocycles. The number of amides is 1. The van der Waals surface area contributed by atoms with Crippen LogP contribution in [0.3, 0.4) is 0 Å². The lowest BCUT2D eigenvalue weighted by atomic mass is 9.70. The Kier molecular flexibility index (Phi) is 2.22. The van der Waals surface area contributed by atoms with Crippen molar-refractivity contribution >= 4 is 11.6 Å². The van der Waals surface area contributed by atoms with E-state index in [9.17, 15) is 4.79 Å². The van der Waals surface area contributed by atoms with Gasteiger partial charge >= 0.3 is 0 Å². The highest BCUT2D eigenvalue weighted by Crippen LogP contribution is 2.43. The minimum absolute atomic E-state index is 0.0914. The van der Waals surface area contributed by atoms with Crippen LogP contribution in [0.25, 0.3) is 0 Å². The van der Waals surface area contributed by atoms with Crippen LogP contribution in [-0.4, -0.2) is 36.0 Å². The maximum Gasteiger partial charge on any atom is 0.254 e. The van der Waals surface area contributed by atoms with Gasteiger partial charge in [-0.25, -0.2) is 0 Å². The summed E-state index contributed by atoms with van der Waals surface area (Å²) in [4.78, 5) is 14.7. The van der Waals surface area contributed by atoms with Crippen molar-refractivity contribution in [1.82, 2.24) is 4.90 Å². The first-order chi connectivity index (χ1) is 9.17. The minimum atomic E-state index is -0.0914. The number of benzene rings is 1. The van der Waals surface area contributed by atoms with Gasteiger partial charge < -0.3 is 16.0 Å². The maximum absolute atomic E-state index is 12.7. The first-order valence-electron chi connectivity index (χ1n) is 7.11. The number of fused-ring (bicyclic) bond motifs is 2. The molecule has 19 heavy (non-hydrogen) atoms. The van der Waals surface area contributed by atoms with Gasteiger partial charge in [-0.2, -0.15) is 0 Å². The van der Waals surface area contributed by atoms with Crippen LogP contribution >= 0.6 is 0 Å². The Morgan fingerprint density at radius 2 is 2.37 bits per heavy atom. The topological polar surface area (TPSA) is 58.4 Å². The van der Waals surface area contributed by atoms with Gasteiger partial charge in [-0.15, -0.1) is 0 Å². The van der Waals surface area contributed by atoms with Crippen molar-refractivity contribution in [2.24, 2.45) is 11.7 Å². The summed E-state index contributed by atoms with van der Waals surface area (Å²) in [7, 11) is 0. The molecule has 2 aliphatic heterocycles. The SMILES string of the molecule is N[C@]12CC[C@H]1CN(C(=O)c1cccc3c1CCN3)C2. The molecule has 2 heterocycles. The largest absolute Gasteiger partial charge is 0.384 e. The van der Waals surface area contributed by atoms with E-state index in [2.05, 4.69) is 11.4 Å². The third kappa shape index (κ3) is 1.53. The van der Waals surface area contributed by atoms with Crippen LogP contribution in [0.5, 0.6) is 0 Å². The zero-order chi connectivity index (χ0) is 13.0. The number of nitrogens with two attached hydrogens (primary N) is 1. The molecular weight excluding hydrogens is 238 g/mol. The molecule has 1 aromatic rings. The second kappa shape index (κ2) is 3.73. The second-order valence-electron chi connectivity index (χ2n) is 6.16. The van der Waals surface area contributed by atoms with Gasteiger partial charge in [0.05, 0.1) is 0 Å². The van der Waals surface area contributed by atoms with Crippen molar-refractivity contribution in [2.45, 2.75) is 24.8 Å². The Bertz CT molecular complexity index is 556. The fourth-order valence-electron chi connectivity index (χ4n) is 3.76. The number of hydrogen-bond acceptors (Lipinski definition) is 3. The molecule has 3 aliphatic rings. The molecule has 4 nitrogen and oxygen atoms in total. The Hall–Kier alpha value is -1.55. The molecular formula is C15H19N3O. The van der Waals surface area contributed by atoms with Gasteiger partial charge in [0.25, 0.3) is 5.91 Å². The van der Waals surface area contributed by atoms with Crippen LogP contribution in [0.4, 0.5) is 5.69 Å². The molecule has 1 amide bonds. The summed E-state index contributed by atoms with van der Waals surface area (Å²) in [5, 5.41) is 3.33. The van der Waals surface area contributed by atoms with Crippen molar-refractivity contribution in [2.75, 3.05) is 25.0 Å². The Morgan fingerprint density at radius 3 is 3.05 bits per heavy atom. The van der Waals surface area contributed by atoms with Crippen molar-refractivity contribution in [1.29, 1.82) is 0 Å². The lowest BCUT2D eigenvalue weighted by Crippen LogP contribution is -2.54. The van der Waals surface area contributed by atoms with E-state index in [0.717, 1.165) is 43.7 Å². The molecule has 2 fully saturated rings. The van der Waals surface area contributed by atoms with E-state index in [0.29, 0.717) is 5.92 Å². The minimum Gasteiger partial charge on any atom is -0.384 e. The first-order valence-corrected chi connectivity index (χ1v) is 7.11. The standard InChI is InChI=1S/C15H19N3O/c16-15-6-4-10(15)8-18(9-15)14(19)12-2-1-3-13-11(12)5-7-17-13/h1-3,10,17H,4-9,16H2/t10-,15-/m0/s1. The molecule has 0 unspecified atom stereocenters. The van der Waals surface area contributed by atoms with Crippen LogP contribution in [0.15, 0.2) is 18.2 Å². The van der Waals surface area contributed by atoms with Crippen molar-refractivity contribution < 1.29 is 4.79 Å². The van der Waals surface area contributed by atoms with Crippen molar-refractivity contribution in [3.63, 3.8) is 0 Å². The summed E-state index contributed by atoms with van der Waals surface area (Å²) in [5.41, 5.74) is 9.40. The number of nitrogens with zero attached hydrogens (tertiary/aromatic N) is 1. The van der Waals surface area contributed by atoms with Crippen LogP contribution in [0, 0.1) is 5.92 Å². The molecule has 4 heteroatoms. The lowest BCUT2D eigenvalue weighted by molar-refractivity contribution is 0.0784. The molecule has 0 aromatic heterocycles. The number of hydrogen-bond donors (Lipinski definition) is 2. The summed E-state index contributed by atoms with van der Waals surface area (Å²) >= 11 is 0. The monoisotopic (exact) mass is 257 g/mol. The zero-order valence-corrected chi connectivity index (χ0v) is 11.0. The zero-order valence-electron chi connectivity index (χ0n) is 11.0. The van der Waals surface area contributed by atoms with E-state index in [-0.39, 0.29) is 11.4 Å². The molecule has 0 radical (unpaired) electrons. The van der Waals surface area contributed by atoms with E-state index < -0.39 is 0 Å². The molecule has 4 rings (SSSR count). The molecule has 1 aromatic carbocycles. The van der Waals surface area contributed by atoms with E-state index in [1.165, 1.54) is 12.0 Å². The van der Waals surface area contributed by atoms with Gasteiger partial charge in [0.15, 0.2) is 0 Å². The normalized spacial score (nSPS) is 31.4. The van der Waals surface area contributed by atoms with Gasteiger partial charge in [0, 0.05) is 36.4 Å². The Morgan fingerprint density at radius 1 is 1.47 bits per heavy atom. The average Bonchev–Trinajstić information content (AvgIpc) is 2.96. The molecule has 100 valence electrons. The third-order valence-corrected chi connectivity index (χ3v) is 5.08. The van der Waals surface area contributed by atoms with E-state index in [1.807, 2.05) is 17.0 Å². The van der Waals surface area contributed by atoms with Crippen LogP contribution in [0.1, 0.15) is 28.8 Å². The van der Waals surface area contributed by atoms with E-state index in [1.54, 1.807) is 0 Å². The van der Waals surface area contributed by atoms with Crippen LogP contribution in [-0.2, 0) is 6.42 Å². The molecule has 2 atom stereocenters. The number of carbonyl (C=O) groups is 1. The lowest BCUT2D eigenvalue weighted by Gasteiger charge is -2.39. The van der Waals surface area contributed by atoms with Crippen LogP contribution in [0.2, 0.25) is 0 Å². The summed E-state index contributed by atoms with van der Waals surface area (Å²) < 4.78 is 0. The number of carbonyl (C=O) groups excluding carboxylic acids is 1. The number of likely N-dealkylation sites (tertiary alicyclic amines) is 1. The fourth-order valence-corrected chi connectivity index (χ4v) is 3.76. The third-order valence-electron chi connectivity index (χ3n) is 5.08. The van der Waals surface area contributed by atoms with Gasteiger partial charge in [0.2, 0.25) is 0 Å². The quantitative estimate of drug-likeness (QED) is 0.795. The average molecular weight is 257 g/mol. The summed E-state index contributed by atoms with van der Waals surface area (Å²) in [6, 6.07) is 5.97. The van der Waals surface area contributed by atoms with Gasteiger partial charge in [-0.1, -0.05) is 6.07 Å². The predicted octanol–water partition coefficient (Wildman–Crippen LogP) is 1.22. The summed E-state index contributed by atoms with van der Waals surface area (Å²) in [6.45, 7) is 2.50. The Balaban J connectivity index is 1.63. The van der Waals surface area contributed by atoms with Gasteiger partial charge in [-0.05, 0) is 42.9 Å². The molecule has 1 aliphatic carbocycles. The van der Waals surface area contributed by atoms with Crippen molar-refractivity contribution in [3.05, 3.63) is 29.3 Å². The van der Waals surface area contributed by atoms with Crippen LogP contribution < -0.4 is 11.1 Å². The van der Waals surface area contributed by atoms with Gasteiger partial charge in [-0.3, -0.25) is 4.79 Å². The fraction of sp³-hybridized carbons (Fsp3) is 0.533. The maximum atomic E-state index is 12.7. The smallest absolute Gasteiger partial charge is 0.254 e. The number of nitrogens with one attached hydrogen (secondary N) is 1. The molecule has 0 spiro atoms. The van der Waals surface area contributed by atoms with Gasteiger partial charge in [0.1, 0.15) is 0 Å². The number of rotatable bonds is 1. The molecule has 1 saturated carbocycles. The predicted molar refractivity (Wildman–Crippen MR) is 74.2 cm³/mol. The highest BCUT2D eigenvalue weighted by molar-refractivity contribution is 5.97. The van der Waals surface area contributed by atoms with Crippen molar-refractivity contribution in [3.8, 4) is 0 Å². The van der Waals surface area contributed by atoms with E-state index in [4.69, 9.17) is 5.73 Å². The van der Waals surface area contributed by atoms with E-state index >= 15 is 0 Å². The molecule has 0 bridgehead atoms. The summed E-state index contributed by atoms with van der Waals surface area (Å²) in [5.74, 6) is 0.686.